The van der Waals surface area contributed by atoms with Gasteiger partial charge >= 0.3 is 0 Å². The normalized spacial score (nSPS) is 26.1. The Labute approximate surface area is 112 Å². The van der Waals surface area contributed by atoms with Crippen molar-refractivity contribution in [2.45, 2.75) is 19.1 Å². The van der Waals surface area contributed by atoms with Crippen molar-refractivity contribution < 1.29 is 14.3 Å². The predicted molar refractivity (Wildman–Crippen MR) is 70.4 cm³/mol. The number of para-hydroxylation sites is 2. The Balaban J connectivity index is 1.69. The van der Waals surface area contributed by atoms with Crippen LogP contribution < -0.4 is 14.8 Å². The van der Waals surface area contributed by atoms with Crippen LogP contribution in [0, 0.1) is 0 Å². The van der Waals surface area contributed by atoms with Gasteiger partial charge in [-0.2, -0.15) is 0 Å². The Morgan fingerprint density at radius 3 is 2.95 bits per heavy atom. The predicted octanol–water partition coefficient (Wildman–Crippen LogP) is 0.647. The Bertz CT molecular complexity index is 478. The quantitative estimate of drug-likeness (QED) is 0.807. The highest BCUT2D eigenvalue weighted by Gasteiger charge is 2.32. The molecule has 1 saturated heterocycles. The third-order valence-electron chi connectivity index (χ3n) is 3.46. The fourth-order valence-corrected chi connectivity index (χ4v) is 2.48. The maximum absolute atomic E-state index is 12.4. The summed E-state index contributed by atoms with van der Waals surface area (Å²) in [5.41, 5.74) is 0. The number of amides is 1. The molecule has 2 atom stereocenters. The molecular formula is C14H18N2O3. The highest BCUT2D eigenvalue weighted by atomic mass is 16.6. The lowest BCUT2D eigenvalue weighted by atomic mass is 10.2. The number of piperazine rings is 1. The average Bonchev–Trinajstić information content (AvgIpc) is 2.46. The van der Waals surface area contributed by atoms with Crippen molar-refractivity contribution in [2.75, 3.05) is 26.2 Å². The molecule has 5 nitrogen and oxygen atoms in total. The molecule has 0 aromatic heterocycles. The zero-order valence-corrected chi connectivity index (χ0v) is 11.0. The van der Waals surface area contributed by atoms with Crippen molar-refractivity contribution in [3.63, 3.8) is 0 Å². The van der Waals surface area contributed by atoms with E-state index in [2.05, 4.69) is 12.2 Å². The molecule has 0 spiro atoms. The first-order chi connectivity index (χ1) is 9.24. The molecule has 1 unspecified atom stereocenters. The second-order valence-corrected chi connectivity index (χ2v) is 5.00. The molecular weight excluding hydrogens is 244 g/mol. The van der Waals surface area contributed by atoms with Crippen LogP contribution in [0.1, 0.15) is 6.92 Å². The van der Waals surface area contributed by atoms with Gasteiger partial charge in [-0.25, -0.2) is 0 Å². The van der Waals surface area contributed by atoms with Crippen LogP contribution in [0.3, 0.4) is 0 Å². The average molecular weight is 262 g/mol. The summed E-state index contributed by atoms with van der Waals surface area (Å²) < 4.78 is 11.3. The van der Waals surface area contributed by atoms with Crippen LogP contribution in [0.15, 0.2) is 24.3 Å². The lowest BCUT2D eigenvalue weighted by molar-refractivity contribution is -0.142. The molecule has 5 heteroatoms. The maximum Gasteiger partial charge on any atom is 0.267 e. The fourth-order valence-electron chi connectivity index (χ4n) is 2.48. The highest BCUT2D eigenvalue weighted by molar-refractivity contribution is 5.82. The molecule has 0 radical (unpaired) electrons. The number of hydrogen-bond acceptors (Lipinski definition) is 4. The van der Waals surface area contributed by atoms with Gasteiger partial charge in [0.2, 0.25) is 6.10 Å². The standard InChI is InChI=1S/C14H18N2O3/c1-10-8-16(7-6-15-10)14(17)13-9-18-11-4-2-3-5-12(11)19-13/h2-5,10,13,15H,6-9H2,1H3/t10-,13?/m1/s1. The molecule has 1 fully saturated rings. The van der Waals surface area contributed by atoms with Crippen LogP contribution in [0.5, 0.6) is 11.5 Å². The Morgan fingerprint density at radius 2 is 2.16 bits per heavy atom. The number of nitrogens with one attached hydrogen (secondary N) is 1. The van der Waals surface area contributed by atoms with Crippen molar-refractivity contribution in [2.24, 2.45) is 0 Å². The summed E-state index contributed by atoms with van der Waals surface area (Å²) in [4.78, 5) is 14.3. The lowest BCUT2D eigenvalue weighted by Crippen LogP contribution is -2.55. The highest BCUT2D eigenvalue weighted by Crippen LogP contribution is 2.31. The van der Waals surface area contributed by atoms with Gasteiger partial charge in [-0.3, -0.25) is 4.79 Å². The first kappa shape index (κ1) is 12.3. The fraction of sp³-hybridized carbons (Fsp3) is 0.500. The Hall–Kier alpha value is -1.75. The second-order valence-electron chi connectivity index (χ2n) is 5.00. The number of carbonyl (C=O) groups excluding carboxylic acids is 1. The van der Waals surface area contributed by atoms with Gasteiger partial charge in [-0.05, 0) is 19.1 Å². The van der Waals surface area contributed by atoms with Crippen molar-refractivity contribution in [3.05, 3.63) is 24.3 Å². The zero-order chi connectivity index (χ0) is 13.2. The SMILES string of the molecule is C[C@@H]1CN(C(=O)C2COc3ccccc3O2)CCN1. The molecule has 3 rings (SSSR count). The van der Waals surface area contributed by atoms with Gasteiger partial charge in [0.1, 0.15) is 6.61 Å². The van der Waals surface area contributed by atoms with Crippen LogP contribution in [0.2, 0.25) is 0 Å². The minimum atomic E-state index is -0.528. The largest absolute Gasteiger partial charge is 0.485 e. The topological polar surface area (TPSA) is 50.8 Å². The van der Waals surface area contributed by atoms with Gasteiger partial charge in [-0.1, -0.05) is 12.1 Å². The monoisotopic (exact) mass is 262 g/mol. The van der Waals surface area contributed by atoms with Crippen LogP contribution in [0.25, 0.3) is 0 Å². The lowest BCUT2D eigenvalue weighted by Gasteiger charge is -2.35. The Morgan fingerprint density at radius 1 is 1.37 bits per heavy atom. The summed E-state index contributed by atoms with van der Waals surface area (Å²) in [6.07, 6.45) is -0.528. The van der Waals surface area contributed by atoms with Gasteiger partial charge in [0.05, 0.1) is 0 Å². The molecule has 1 aromatic rings. The maximum atomic E-state index is 12.4. The van der Waals surface area contributed by atoms with E-state index in [0.29, 0.717) is 17.5 Å². The van der Waals surface area contributed by atoms with E-state index in [-0.39, 0.29) is 12.5 Å². The number of hydrogen-bond donors (Lipinski definition) is 1. The van der Waals surface area contributed by atoms with Crippen molar-refractivity contribution in [1.82, 2.24) is 10.2 Å². The van der Waals surface area contributed by atoms with Crippen LogP contribution in [0.4, 0.5) is 0 Å². The molecule has 0 bridgehead atoms. The molecule has 2 aliphatic rings. The summed E-state index contributed by atoms with van der Waals surface area (Å²) in [7, 11) is 0. The first-order valence-electron chi connectivity index (χ1n) is 6.64. The number of ether oxygens (including phenoxy) is 2. The van der Waals surface area contributed by atoms with E-state index in [1.807, 2.05) is 29.2 Å². The number of rotatable bonds is 1. The van der Waals surface area contributed by atoms with E-state index in [1.165, 1.54) is 0 Å². The summed E-state index contributed by atoms with van der Waals surface area (Å²) in [5, 5.41) is 3.32. The molecule has 1 aromatic carbocycles. The third-order valence-corrected chi connectivity index (χ3v) is 3.46. The Kier molecular flexibility index (Phi) is 3.29. The molecule has 0 saturated carbocycles. The molecule has 1 amide bonds. The van der Waals surface area contributed by atoms with Gasteiger partial charge in [0.15, 0.2) is 11.5 Å². The van der Waals surface area contributed by atoms with Gasteiger partial charge < -0.3 is 19.7 Å². The number of fused-ring (bicyclic) bond motifs is 1. The van der Waals surface area contributed by atoms with E-state index in [0.717, 1.165) is 19.6 Å². The van der Waals surface area contributed by atoms with E-state index >= 15 is 0 Å². The van der Waals surface area contributed by atoms with Crippen LogP contribution in [-0.4, -0.2) is 49.2 Å². The summed E-state index contributed by atoms with van der Waals surface area (Å²) in [5.74, 6) is 1.37. The van der Waals surface area contributed by atoms with Crippen molar-refractivity contribution >= 4 is 5.91 Å². The van der Waals surface area contributed by atoms with E-state index in [1.54, 1.807) is 0 Å². The molecule has 19 heavy (non-hydrogen) atoms. The van der Waals surface area contributed by atoms with Crippen molar-refractivity contribution in [3.8, 4) is 11.5 Å². The molecule has 2 aliphatic heterocycles. The van der Waals surface area contributed by atoms with Crippen molar-refractivity contribution in [1.29, 1.82) is 0 Å². The summed E-state index contributed by atoms with van der Waals surface area (Å²) in [6, 6.07) is 7.78. The molecule has 1 N–H and O–H groups in total. The van der Waals surface area contributed by atoms with Crippen LogP contribution >= 0.6 is 0 Å². The number of nitrogens with zero attached hydrogens (tertiary/aromatic N) is 1. The molecule has 2 heterocycles. The van der Waals surface area contributed by atoms with Gasteiger partial charge in [-0.15, -0.1) is 0 Å². The van der Waals surface area contributed by atoms with E-state index in [4.69, 9.17) is 9.47 Å². The third kappa shape index (κ3) is 2.51. The van der Waals surface area contributed by atoms with Gasteiger partial charge in [0, 0.05) is 25.7 Å². The summed E-state index contributed by atoms with van der Waals surface area (Å²) in [6.45, 7) is 4.64. The minimum absolute atomic E-state index is 0.0165. The summed E-state index contributed by atoms with van der Waals surface area (Å²) >= 11 is 0. The van der Waals surface area contributed by atoms with Gasteiger partial charge in [0.25, 0.3) is 5.91 Å². The van der Waals surface area contributed by atoms with E-state index < -0.39 is 6.10 Å². The number of benzene rings is 1. The zero-order valence-electron chi connectivity index (χ0n) is 11.0. The molecule has 102 valence electrons. The minimum Gasteiger partial charge on any atom is -0.485 e. The van der Waals surface area contributed by atoms with Crippen LogP contribution in [-0.2, 0) is 4.79 Å². The number of carbonyl (C=O) groups is 1. The second kappa shape index (κ2) is 5.09. The molecule has 0 aliphatic carbocycles. The smallest absolute Gasteiger partial charge is 0.267 e. The first-order valence-corrected chi connectivity index (χ1v) is 6.64. The van der Waals surface area contributed by atoms with E-state index in [9.17, 15) is 4.79 Å².